The Balaban J connectivity index is 2.20. The van der Waals surface area contributed by atoms with Crippen LogP contribution < -0.4 is 0 Å². The van der Waals surface area contributed by atoms with Gasteiger partial charge in [-0.2, -0.15) is 0 Å². The number of rotatable bonds is 1. The van der Waals surface area contributed by atoms with Gasteiger partial charge < -0.3 is 5.11 Å². The van der Waals surface area contributed by atoms with E-state index in [9.17, 15) is 5.11 Å². The Bertz CT molecular complexity index is 285. The number of hydrogen-bond acceptors (Lipinski definition) is 2. The molecule has 1 N–H and O–H groups in total. The average Bonchev–Trinajstić information content (AvgIpc) is 2.53. The third-order valence-corrected chi connectivity index (χ3v) is 3.08. The SMILES string of the molecule is O[C@H]1CCC[C@@H]1c1ccc(Br)cn1. The molecule has 1 fully saturated rings. The van der Waals surface area contributed by atoms with E-state index in [1.165, 1.54) is 0 Å². The number of aliphatic hydroxyl groups is 1. The summed E-state index contributed by atoms with van der Waals surface area (Å²) in [6, 6.07) is 3.97. The lowest BCUT2D eigenvalue weighted by molar-refractivity contribution is 0.162. The standard InChI is InChI=1S/C10H12BrNO/c11-7-4-5-9(12-6-7)8-2-1-3-10(8)13/h4-6,8,10,13H,1-3H2/t8-,10+/m1/s1. The topological polar surface area (TPSA) is 33.1 Å². The predicted octanol–water partition coefficient (Wildman–Crippen LogP) is 2.47. The highest BCUT2D eigenvalue weighted by Gasteiger charge is 2.27. The van der Waals surface area contributed by atoms with Gasteiger partial charge in [-0.05, 0) is 40.9 Å². The fraction of sp³-hybridized carbons (Fsp3) is 0.500. The number of aliphatic hydroxyl groups excluding tert-OH is 1. The van der Waals surface area contributed by atoms with Crippen molar-refractivity contribution in [2.75, 3.05) is 0 Å². The lowest BCUT2D eigenvalue weighted by Gasteiger charge is -2.13. The zero-order valence-electron chi connectivity index (χ0n) is 7.28. The van der Waals surface area contributed by atoms with E-state index in [-0.39, 0.29) is 12.0 Å². The highest BCUT2D eigenvalue weighted by Crippen LogP contribution is 2.33. The summed E-state index contributed by atoms with van der Waals surface area (Å²) >= 11 is 3.34. The molecular weight excluding hydrogens is 230 g/mol. The summed E-state index contributed by atoms with van der Waals surface area (Å²) in [6.07, 6.45) is 4.70. The van der Waals surface area contributed by atoms with Crippen LogP contribution in [0.3, 0.4) is 0 Å². The molecule has 0 aromatic carbocycles. The van der Waals surface area contributed by atoms with Crippen molar-refractivity contribution in [3.05, 3.63) is 28.5 Å². The zero-order valence-corrected chi connectivity index (χ0v) is 8.87. The lowest BCUT2D eigenvalue weighted by atomic mass is 10.0. The first kappa shape index (κ1) is 9.16. The van der Waals surface area contributed by atoms with Crippen LogP contribution in [0, 0.1) is 0 Å². The van der Waals surface area contributed by atoms with Crippen LogP contribution in [0.1, 0.15) is 30.9 Å². The van der Waals surface area contributed by atoms with Gasteiger partial charge in [0.05, 0.1) is 6.10 Å². The van der Waals surface area contributed by atoms with Crippen LogP contribution in [0.2, 0.25) is 0 Å². The van der Waals surface area contributed by atoms with Gasteiger partial charge in [0.25, 0.3) is 0 Å². The molecule has 1 saturated carbocycles. The molecule has 13 heavy (non-hydrogen) atoms. The summed E-state index contributed by atoms with van der Waals surface area (Å²) < 4.78 is 0.990. The smallest absolute Gasteiger partial charge is 0.0623 e. The summed E-state index contributed by atoms with van der Waals surface area (Å²) in [5.74, 6) is 0.257. The van der Waals surface area contributed by atoms with Gasteiger partial charge >= 0.3 is 0 Å². The molecule has 1 aromatic rings. The van der Waals surface area contributed by atoms with Gasteiger partial charge in [0.1, 0.15) is 0 Å². The molecule has 0 radical (unpaired) electrons. The molecule has 0 amide bonds. The molecule has 1 heterocycles. The minimum Gasteiger partial charge on any atom is -0.392 e. The maximum absolute atomic E-state index is 9.66. The third kappa shape index (κ3) is 1.92. The van der Waals surface area contributed by atoms with E-state index in [2.05, 4.69) is 20.9 Å². The first-order valence-electron chi connectivity index (χ1n) is 4.57. The van der Waals surface area contributed by atoms with E-state index >= 15 is 0 Å². The van der Waals surface area contributed by atoms with Crippen LogP contribution >= 0.6 is 15.9 Å². The molecule has 1 aliphatic carbocycles. The van der Waals surface area contributed by atoms with Gasteiger partial charge in [0.15, 0.2) is 0 Å². The molecule has 0 spiro atoms. The van der Waals surface area contributed by atoms with E-state index in [1.807, 2.05) is 12.1 Å². The molecule has 70 valence electrons. The van der Waals surface area contributed by atoms with E-state index in [0.29, 0.717) is 0 Å². The number of halogens is 1. The number of hydrogen-bond donors (Lipinski definition) is 1. The molecule has 2 nitrogen and oxygen atoms in total. The van der Waals surface area contributed by atoms with Crippen molar-refractivity contribution in [1.29, 1.82) is 0 Å². The van der Waals surface area contributed by atoms with Crippen LogP contribution in [-0.4, -0.2) is 16.2 Å². The molecule has 0 unspecified atom stereocenters. The van der Waals surface area contributed by atoms with Crippen molar-refractivity contribution in [2.24, 2.45) is 0 Å². The van der Waals surface area contributed by atoms with Gasteiger partial charge in [-0.15, -0.1) is 0 Å². The van der Waals surface area contributed by atoms with E-state index < -0.39 is 0 Å². The Morgan fingerprint density at radius 3 is 2.77 bits per heavy atom. The van der Waals surface area contributed by atoms with Gasteiger partial charge in [-0.3, -0.25) is 4.98 Å². The monoisotopic (exact) mass is 241 g/mol. The Morgan fingerprint density at radius 2 is 2.23 bits per heavy atom. The van der Waals surface area contributed by atoms with Crippen LogP contribution in [0.5, 0.6) is 0 Å². The molecule has 2 rings (SSSR count). The summed E-state index contributed by atoms with van der Waals surface area (Å²) in [5.41, 5.74) is 1.02. The van der Waals surface area contributed by atoms with Crippen molar-refractivity contribution in [3.63, 3.8) is 0 Å². The number of aromatic nitrogens is 1. The van der Waals surface area contributed by atoms with Crippen LogP contribution in [0.4, 0.5) is 0 Å². The first-order valence-corrected chi connectivity index (χ1v) is 5.36. The Labute approximate surface area is 86.1 Å². The van der Waals surface area contributed by atoms with Gasteiger partial charge in [0, 0.05) is 22.3 Å². The summed E-state index contributed by atoms with van der Waals surface area (Å²) in [7, 11) is 0. The van der Waals surface area contributed by atoms with Crippen molar-refractivity contribution in [2.45, 2.75) is 31.3 Å². The van der Waals surface area contributed by atoms with Crippen LogP contribution in [0.25, 0.3) is 0 Å². The molecular formula is C10H12BrNO. The van der Waals surface area contributed by atoms with Crippen LogP contribution in [0.15, 0.2) is 22.8 Å². The molecule has 0 bridgehead atoms. The fourth-order valence-electron chi connectivity index (χ4n) is 1.89. The van der Waals surface area contributed by atoms with Crippen LogP contribution in [-0.2, 0) is 0 Å². The maximum Gasteiger partial charge on any atom is 0.0623 e. The Kier molecular flexibility index (Phi) is 2.65. The van der Waals surface area contributed by atoms with E-state index in [4.69, 9.17) is 0 Å². The molecule has 0 saturated heterocycles. The predicted molar refractivity (Wildman–Crippen MR) is 54.5 cm³/mol. The lowest BCUT2D eigenvalue weighted by Crippen LogP contribution is -2.12. The summed E-state index contributed by atoms with van der Waals surface area (Å²) in [5, 5.41) is 9.66. The maximum atomic E-state index is 9.66. The van der Waals surface area contributed by atoms with Crippen molar-refractivity contribution in [1.82, 2.24) is 4.98 Å². The second-order valence-electron chi connectivity index (χ2n) is 3.51. The summed E-state index contributed by atoms with van der Waals surface area (Å²) in [4.78, 5) is 4.30. The minimum absolute atomic E-state index is 0.186. The molecule has 3 heteroatoms. The second-order valence-corrected chi connectivity index (χ2v) is 4.42. The van der Waals surface area contributed by atoms with Gasteiger partial charge in [-0.1, -0.05) is 6.42 Å². The van der Waals surface area contributed by atoms with Crippen molar-refractivity contribution in [3.8, 4) is 0 Å². The van der Waals surface area contributed by atoms with Gasteiger partial charge in [0.2, 0.25) is 0 Å². The fourth-order valence-corrected chi connectivity index (χ4v) is 2.13. The first-order chi connectivity index (χ1) is 6.27. The highest BCUT2D eigenvalue weighted by atomic mass is 79.9. The highest BCUT2D eigenvalue weighted by molar-refractivity contribution is 9.10. The Morgan fingerprint density at radius 1 is 1.38 bits per heavy atom. The summed E-state index contributed by atoms with van der Waals surface area (Å²) in [6.45, 7) is 0. The second kappa shape index (κ2) is 3.76. The molecule has 0 aliphatic heterocycles. The average molecular weight is 242 g/mol. The zero-order chi connectivity index (χ0) is 9.26. The normalized spacial score (nSPS) is 27.8. The largest absolute Gasteiger partial charge is 0.392 e. The number of pyridine rings is 1. The van der Waals surface area contributed by atoms with Gasteiger partial charge in [-0.25, -0.2) is 0 Å². The van der Waals surface area contributed by atoms with E-state index in [0.717, 1.165) is 29.4 Å². The third-order valence-electron chi connectivity index (χ3n) is 2.61. The number of nitrogens with zero attached hydrogens (tertiary/aromatic N) is 1. The molecule has 1 aliphatic rings. The quantitative estimate of drug-likeness (QED) is 0.820. The molecule has 2 atom stereocenters. The Hall–Kier alpha value is -0.410. The van der Waals surface area contributed by atoms with Crippen molar-refractivity contribution >= 4 is 15.9 Å². The molecule has 1 aromatic heterocycles. The van der Waals surface area contributed by atoms with Crippen molar-refractivity contribution < 1.29 is 5.11 Å². The minimum atomic E-state index is -0.186. The van der Waals surface area contributed by atoms with E-state index in [1.54, 1.807) is 6.20 Å².